The van der Waals surface area contributed by atoms with Gasteiger partial charge in [0.15, 0.2) is 0 Å². The highest BCUT2D eigenvalue weighted by atomic mass is 16.7. The molecule has 1 saturated carbocycles. The molecule has 0 aromatic heterocycles. The molecule has 1 spiro atoms. The Morgan fingerprint density at radius 2 is 2.07 bits per heavy atom. The van der Waals surface area contributed by atoms with E-state index in [1.54, 1.807) is 19.2 Å². The van der Waals surface area contributed by atoms with Crippen LogP contribution in [0.4, 0.5) is 5.69 Å². The Bertz CT molecular complexity index is 941. The lowest BCUT2D eigenvalue weighted by molar-refractivity contribution is -0.281. The quantitative estimate of drug-likeness (QED) is 0.811. The Kier molecular flexibility index (Phi) is 4.57. The van der Waals surface area contributed by atoms with Gasteiger partial charge in [-0.05, 0) is 42.5 Å². The predicted octanol–water partition coefficient (Wildman–Crippen LogP) is 3.49. The molecular formula is C23H25NO5. The van der Waals surface area contributed by atoms with Crippen LogP contribution in [0.1, 0.15) is 48.5 Å². The van der Waals surface area contributed by atoms with Crippen LogP contribution in [-0.2, 0) is 20.1 Å². The van der Waals surface area contributed by atoms with Gasteiger partial charge in [0.25, 0.3) is 11.7 Å². The molecule has 2 fully saturated rings. The summed E-state index contributed by atoms with van der Waals surface area (Å²) in [6, 6.07) is 12.8. The zero-order valence-electron chi connectivity index (χ0n) is 16.4. The topological polar surface area (TPSA) is 77.0 Å². The van der Waals surface area contributed by atoms with E-state index >= 15 is 0 Å². The van der Waals surface area contributed by atoms with E-state index in [9.17, 15) is 9.90 Å². The Balaban J connectivity index is 1.49. The van der Waals surface area contributed by atoms with Gasteiger partial charge in [-0.3, -0.25) is 4.79 Å². The average molecular weight is 395 g/mol. The van der Waals surface area contributed by atoms with Crippen molar-refractivity contribution in [1.29, 1.82) is 0 Å². The lowest BCUT2D eigenvalue weighted by Crippen LogP contribution is -2.47. The van der Waals surface area contributed by atoms with Gasteiger partial charge < -0.3 is 24.6 Å². The second-order valence-corrected chi connectivity index (χ2v) is 8.08. The fourth-order valence-electron chi connectivity index (χ4n) is 4.33. The Morgan fingerprint density at radius 3 is 2.86 bits per heavy atom. The van der Waals surface area contributed by atoms with Gasteiger partial charge in [-0.2, -0.15) is 0 Å². The van der Waals surface area contributed by atoms with Gasteiger partial charge in [-0.25, -0.2) is 0 Å². The van der Waals surface area contributed by atoms with E-state index < -0.39 is 11.9 Å². The molecule has 3 atom stereocenters. The number of aliphatic hydroxyl groups is 1. The van der Waals surface area contributed by atoms with E-state index in [0.717, 1.165) is 12.8 Å². The van der Waals surface area contributed by atoms with Crippen LogP contribution in [0.15, 0.2) is 42.5 Å². The van der Waals surface area contributed by atoms with Gasteiger partial charge in [0.1, 0.15) is 11.9 Å². The number of carbonyl (C=O) groups is 1. The van der Waals surface area contributed by atoms with Crippen molar-refractivity contribution in [3.05, 3.63) is 59.2 Å². The van der Waals surface area contributed by atoms with Gasteiger partial charge in [0.05, 0.1) is 25.5 Å². The molecular weight excluding hydrogens is 370 g/mol. The maximum Gasteiger partial charge on any atom is 0.289 e. The number of benzene rings is 2. The molecule has 29 heavy (non-hydrogen) atoms. The number of amides is 1. The zero-order chi connectivity index (χ0) is 20.0. The van der Waals surface area contributed by atoms with Crippen molar-refractivity contribution in [1.82, 2.24) is 0 Å². The molecule has 6 heteroatoms. The number of ether oxygens (including phenoxy) is 3. The lowest BCUT2D eigenvalue weighted by atomic mass is 9.95. The summed E-state index contributed by atoms with van der Waals surface area (Å²) in [4.78, 5) is 12.9. The molecule has 2 aromatic rings. The molecule has 0 bridgehead atoms. The van der Waals surface area contributed by atoms with Crippen LogP contribution in [0.3, 0.4) is 0 Å². The van der Waals surface area contributed by atoms with Crippen LogP contribution in [-0.4, -0.2) is 30.8 Å². The van der Waals surface area contributed by atoms with Crippen molar-refractivity contribution in [3.8, 4) is 5.75 Å². The average Bonchev–Trinajstić information content (AvgIpc) is 3.53. The first-order chi connectivity index (χ1) is 14.1. The van der Waals surface area contributed by atoms with Gasteiger partial charge in [-0.15, -0.1) is 0 Å². The number of methoxy groups -OCH3 is 1. The Labute approximate surface area is 169 Å². The highest BCUT2D eigenvalue weighted by Gasteiger charge is 2.53. The number of hydrogen-bond donors (Lipinski definition) is 2. The molecule has 1 amide bonds. The summed E-state index contributed by atoms with van der Waals surface area (Å²) in [7, 11) is 1.58. The summed E-state index contributed by atoms with van der Waals surface area (Å²) in [5.41, 5.74) is 2.62. The molecule has 5 rings (SSSR count). The maximum absolute atomic E-state index is 12.9. The number of hydrogen-bond acceptors (Lipinski definition) is 5. The molecule has 6 nitrogen and oxygen atoms in total. The maximum atomic E-state index is 12.9. The molecule has 3 aliphatic rings. The van der Waals surface area contributed by atoms with Crippen molar-refractivity contribution in [2.24, 2.45) is 5.92 Å². The minimum absolute atomic E-state index is 0.00995. The second-order valence-electron chi connectivity index (χ2n) is 8.08. The third-order valence-corrected chi connectivity index (χ3v) is 6.07. The van der Waals surface area contributed by atoms with E-state index in [4.69, 9.17) is 14.2 Å². The molecule has 1 aliphatic carbocycles. The number of para-hydroxylation sites is 1. The number of carbonyl (C=O) groups excluding carboxylic acids is 1. The van der Waals surface area contributed by atoms with Gasteiger partial charge in [0.2, 0.25) is 0 Å². The molecule has 1 saturated heterocycles. The van der Waals surface area contributed by atoms with Gasteiger partial charge in [-0.1, -0.05) is 37.1 Å². The Hall–Kier alpha value is -2.41. The predicted molar refractivity (Wildman–Crippen MR) is 107 cm³/mol. The minimum Gasteiger partial charge on any atom is -0.496 e. The molecule has 2 N–H and O–H groups in total. The SMILES string of the molecule is COc1ccccc1C(O)c1ccc2c(c1)[C@]1(OCCC(CC3CC3)O1)C(=O)N2. The first-order valence-electron chi connectivity index (χ1n) is 10.2. The van der Waals surface area contributed by atoms with Crippen molar-refractivity contribution in [2.75, 3.05) is 19.0 Å². The molecule has 2 aromatic carbocycles. The molecule has 2 aliphatic heterocycles. The van der Waals surface area contributed by atoms with Crippen molar-refractivity contribution >= 4 is 11.6 Å². The first kappa shape index (κ1) is 18.6. The number of anilines is 1. The molecule has 2 unspecified atom stereocenters. The standard InChI is InChI=1S/C23H25NO5/c1-27-20-5-3-2-4-17(20)21(25)15-8-9-19-18(13-15)23(22(26)24-19)28-11-10-16(29-23)12-14-6-7-14/h2-5,8-9,13-14,16,21,25H,6-7,10-12H2,1H3,(H,24,26)/t16?,21?,23-/m1/s1. The summed E-state index contributed by atoms with van der Waals surface area (Å²) in [6.07, 6.45) is 3.37. The molecule has 0 radical (unpaired) electrons. The highest BCUT2D eigenvalue weighted by molar-refractivity contribution is 6.04. The van der Waals surface area contributed by atoms with Crippen LogP contribution in [0.2, 0.25) is 0 Å². The van der Waals surface area contributed by atoms with E-state index in [1.807, 2.05) is 30.3 Å². The highest BCUT2D eigenvalue weighted by Crippen LogP contribution is 2.46. The van der Waals surface area contributed by atoms with E-state index in [0.29, 0.717) is 40.7 Å². The van der Waals surface area contributed by atoms with Crippen LogP contribution in [0, 0.1) is 5.92 Å². The van der Waals surface area contributed by atoms with E-state index in [1.165, 1.54) is 12.8 Å². The number of nitrogens with one attached hydrogen (secondary N) is 1. The molecule has 152 valence electrons. The fraction of sp³-hybridized carbons (Fsp3) is 0.435. The van der Waals surface area contributed by atoms with Crippen LogP contribution in [0.25, 0.3) is 0 Å². The third-order valence-electron chi connectivity index (χ3n) is 6.07. The zero-order valence-corrected chi connectivity index (χ0v) is 16.4. The van der Waals surface area contributed by atoms with Crippen LogP contribution >= 0.6 is 0 Å². The number of fused-ring (bicyclic) bond motifs is 2. The van der Waals surface area contributed by atoms with Gasteiger partial charge >= 0.3 is 0 Å². The van der Waals surface area contributed by atoms with Crippen LogP contribution < -0.4 is 10.1 Å². The molecule has 2 heterocycles. The lowest BCUT2D eigenvalue weighted by Gasteiger charge is -2.37. The number of rotatable bonds is 5. The summed E-state index contributed by atoms with van der Waals surface area (Å²) in [5, 5.41) is 13.9. The normalized spacial score (nSPS) is 26.8. The largest absolute Gasteiger partial charge is 0.496 e. The summed E-state index contributed by atoms with van der Waals surface area (Å²) >= 11 is 0. The first-order valence-corrected chi connectivity index (χ1v) is 10.2. The summed E-state index contributed by atoms with van der Waals surface area (Å²) in [6.45, 7) is 0.476. The van der Waals surface area contributed by atoms with Crippen molar-refractivity contribution in [2.45, 2.75) is 43.7 Å². The second kappa shape index (κ2) is 7.13. The van der Waals surface area contributed by atoms with Crippen molar-refractivity contribution in [3.63, 3.8) is 0 Å². The third kappa shape index (κ3) is 3.21. The smallest absolute Gasteiger partial charge is 0.289 e. The number of aliphatic hydroxyl groups excluding tert-OH is 1. The summed E-state index contributed by atoms with van der Waals surface area (Å²) < 4.78 is 17.6. The Morgan fingerprint density at radius 1 is 1.24 bits per heavy atom. The monoisotopic (exact) mass is 395 g/mol. The van der Waals surface area contributed by atoms with Gasteiger partial charge in [0, 0.05) is 11.1 Å². The van der Waals surface area contributed by atoms with E-state index in [2.05, 4.69) is 5.32 Å². The summed E-state index contributed by atoms with van der Waals surface area (Å²) in [5.74, 6) is -0.405. The van der Waals surface area contributed by atoms with Crippen molar-refractivity contribution < 1.29 is 24.1 Å². The van der Waals surface area contributed by atoms with Crippen LogP contribution in [0.5, 0.6) is 5.75 Å². The fourth-order valence-corrected chi connectivity index (χ4v) is 4.33. The van der Waals surface area contributed by atoms with E-state index in [-0.39, 0.29) is 12.0 Å². The minimum atomic E-state index is -1.43.